The Bertz CT molecular complexity index is 465. The molecule has 0 heterocycles. The Hall–Kier alpha value is -1.70. The number of nitro groups is 1. The molecule has 0 aliphatic rings. The van der Waals surface area contributed by atoms with E-state index >= 15 is 0 Å². The van der Waals surface area contributed by atoms with Gasteiger partial charge in [0, 0.05) is 12.6 Å². The maximum atomic E-state index is 10.9. The first kappa shape index (κ1) is 17.4. The molecule has 7 nitrogen and oxygen atoms in total. The monoisotopic (exact) mass is 295 g/mol. The molecule has 0 unspecified atom stereocenters. The first-order valence-electron chi connectivity index (χ1n) is 7.09. The van der Waals surface area contributed by atoms with Crippen LogP contribution in [-0.4, -0.2) is 48.5 Å². The van der Waals surface area contributed by atoms with E-state index in [1.807, 2.05) is 0 Å². The summed E-state index contributed by atoms with van der Waals surface area (Å²) in [4.78, 5) is 14.9. The van der Waals surface area contributed by atoms with E-state index in [1.54, 1.807) is 12.1 Å². The Kier molecular flexibility index (Phi) is 7.07. The number of nitrogens with one attached hydrogen (secondary N) is 1. The Morgan fingerprint density at radius 3 is 2.57 bits per heavy atom. The first-order chi connectivity index (χ1) is 9.97. The fraction of sp³-hybridized carbons (Fsp3) is 0.571. The summed E-state index contributed by atoms with van der Waals surface area (Å²) in [5, 5.41) is 10.9. The number of nitro benzene ring substituents is 1. The third-order valence-corrected chi connectivity index (χ3v) is 3.35. The van der Waals surface area contributed by atoms with Crippen molar-refractivity contribution >= 4 is 11.4 Å². The van der Waals surface area contributed by atoms with Gasteiger partial charge in [0.2, 0.25) is 0 Å². The third-order valence-electron chi connectivity index (χ3n) is 3.35. The number of hydrogen-bond donors (Lipinski definition) is 2. The summed E-state index contributed by atoms with van der Waals surface area (Å²) in [7, 11) is 4.12. The lowest BCUT2D eigenvalue weighted by molar-refractivity contribution is -0.384. The molecule has 0 atom stereocenters. The second-order valence-electron chi connectivity index (χ2n) is 5.28. The zero-order valence-corrected chi connectivity index (χ0v) is 13.0. The van der Waals surface area contributed by atoms with Crippen LogP contribution in [0.4, 0.5) is 11.4 Å². The predicted molar refractivity (Wildman–Crippen MR) is 85.0 cm³/mol. The largest absolute Gasteiger partial charge is 0.318 e. The second kappa shape index (κ2) is 8.56. The fourth-order valence-electron chi connectivity index (χ4n) is 2.17. The molecule has 1 aromatic rings. The normalized spacial score (nSPS) is 11.1. The molecule has 0 spiro atoms. The average Bonchev–Trinajstić information content (AvgIpc) is 2.45. The summed E-state index contributed by atoms with van der Waals surface area (Å²) in [6, 6.07) is 5.03. The van der Waals surface area contributed by atoms with Crippen molar-refractivity contribution in [3.63, 3.8) is 0 Å². The van der Waals surface area contributed by atoms with E-state index in [2.05, 4.69) is 36.2 Å². The number of benzene rings is 1. The molecule has 0 saturated carbocycles. The maximum absolute atomic E-state index is 10.9. The van der Waals surface area contributed by atoms with E-state index in [-0.39, 0.29) is 5.69 Å². The van der Waals surface area contributed by atoms with Crippen molar-refractivity contribution in [2.45, 2.75) is 19.9 Å². The molecular formula is C14H25N5O2. The van der Waals surface area contributed by atoms with E-state index < -0.39 is 4.92 Å². The van der Waals surface area contributed by atoms with Crippen molar-refractivity contribution in [1.82, 2.24) is 9.80 Å². The van der Waals surface area contributed by atoms with Crippen LogP contribution in [0.3, 0.4) is 0 Å². The number of hydrogen-bond acceptors (Lipinski definition) is 6. The highest BCUT2D eigenvalue weighted by molar-refractivity contribution is 5.62. The van der Waals surface area contributed by atoms with Gasteiger partial charge in [-0.2, -0.15) is 0 Å². The summed E-state index contributed by atoms with van der Waals surface area (Å²) >= 11 is 0. The fourth-order valence-corrected chi connectivity index (χ4v) is 2.17. The molecule has 1 aromatic carbocycles. The minimum absolute atomic E-state index is 0.00286. The standard InChI is InChI=1S/C14H25N5O2/c1-4-18(9-5-8-17(2)3)11-12-6-7-14(19(20)21)13(10-12)16-15/h6-7,10,16H,4-5,8-9,11,15H2,1-3H3. The lowest BCUT2D eigenvalue weighted by Crippen LogP contribution is -2.27. The van der Waals surface area contributed by atoms with Crippen molar-refractivity contribution in [2.24, 2.45) is 5.84 Å². The minimum Gasteiger partial charge on any atom is -0.318 e. The molecule has 0 saturated heterocycles. The lowest BCUT2D eigenvalue weighted by atomic mass is 10.1. The van der Waals surface area contributed by atoms with Gasteiger partial charge in [-0.25, -0.2) is 0 Å². The Labute approximate surface area is 125 Å². The summed E-state index contributed by atoms with van der Waals surface area (Å²) in [5.41, 5.74) is 3.76. The molecule has 1 rings (SSSR count). The molecule has 0 amide bonds. The van der Waals surface area contributed by atoms with Crippen LogP contribution >= 0.6 is 0 Å². The highest BCUT2D eigenvalue weighted by Gasteiger charge is 2.14. The van der Waals surface area contributed by atoms with Crippen LogP contribution in [-0.2, 0) is 6.54 Å². The number of anilines is 1. The van der Waals surface area contributed by atoms with Crippen LogP contribution < -0.4 is 11.3 Å². The highest BCUT2D eigenvalue weighted by Crippen LogP contribution is 2.25. The van der Waals surface area contributed by atoms with Crippen molar-refractivity contribution < 1.29 is 4.92 Å². The van der Waals surface area contributed by atoms with Crippen molar-refractivity contribution in [3.05, 3.63) is 33.9 Å². The van der Waals surface area contributed by atoms with Gasteiger partial charge in [-0.3, -0.25) is 20.9 Å². The van der Waals surface area contributed by atoms with Crippen LogP contribution in [0, 0.1) is 10.1 Å². The number of rotatable bonds is 9. The van der Waals surface area contributed by atoms with E-state index in [4.69, 9.17) is 5.84 Å². The lowest BCUT2D eigenvalue weighted by Gasteiger charge is -2.21. The van der Waals surface area contributed by atoms with E-state index in [0.717, 1.165) is 38.2 Å². The average molecular weight is 295 g/mol. The number of nitrogens with two attached hydrogens (primary N) is 1. The molecule has 0 aromatic heterocycles. The van der Waals surface area contributed by atoms with Gasteiger partial charge >= 0.3 is 0 Å². The Balaban J connectivity index is 2.69. The van der Waals surface area contributed by atoms with Gasteiger partial charge in [0.25, 0.3) is 5.69 Å². The van der Waals surface area contributed by atoms with Crippen molar-refractivity contribution in [3.8, 4) is 0 Å². The molecule has 0 fully saturated rings. The Morgan fingerprint density at radius 1 is 1.33 bits per heavy atom. The first-order valence-corrected chi connectivity index (χ1v) is 7.09. The van der Waals surface area contributed by atoms with Crippen LogP contribution in [0.15, 0.2) is 18.2 Å². The predicted octanol–water partition coefficient (Wildman–Crippen LogP) is 1.65. The molecule has 7 heteroatoms. The third kappa shape index (κ3) is 5.66. The SMILES string of the molecule is CCN(CCCN(C)C)Cc1ccc([N+](=O)[O-])c(NN)c1. The van der Waals surface area contributed by atoms with E-state index in [0.29, 0.717) is 5.69 Å². The van der Waals surface area contributed by atoms with Gasteiger partial charge in [-0.05, 0) is 51.8 Å². The van der Waals surface area contributed by atoms with Crippen LogP contribution in [0.1, 0.15) is 18.9 Å². The zero-order valence-electron chi connectivity index (χ0n) is 13.0. The van der Waals surface area contributed by atoms with Gasteiger partial charge < -0.3 is 10.3 Å². The maximum Gasteiger partial charge on any atom is 0.293 e. The van der Waals surface area contributed by atoms with Crippen molar-refractivity contribution in [2.75, 3.05) is 39.2 Å². The molecule has 0 bridgehead atoms. The van der Waals surface area contributed by atoms with E-state index in [1.165, 1.54) is 6.07 Å². The molecule has 0 radical (unpaired) electrons. The molecule has 118 valence electrons. The molecule has 0 aliphatic carbocycles. The highest BCUT2D eigenvalue weighted by atomic mass is 16.6. The summed E-state index contributed by atoms with van der Waals surface area (Å²) < 4.78 is 0. The number of hydrazine groups is 1. The van der Waals surface area contributed by atoms with Gasteiger partial charge in [0.1, 0.15) is 5.69 Å². The zero-order chi connectivity index (χ0) is 15.8. The van der Waals surface area contributed by atoms with Crippen LogP contribution in [0.25, 0.3) is 0 Å². The summed E-state index contributed by atoms with van der Waals surface area (Å²) in [6.45, 7) is 5.86. The van der Waals surface area contributed by atoms with Gasteiger partial charge in [-0.15, -0.1) is 0 Å². The molecular weight excluding hydrogens is 270 g/mol. The number of nitrogens with zero attached hydrogens (tertiary/aromatic N) is 3. The Morgan fingerprint density at radius 2 is 2.05 bits per heavy atom. The summed E-state index contributed by atoms with van der Waals surface area (Å²) in [5.74, 6) is 5.36. The minimum atomic E-state index is -0.437. The topological polar surface area (TPSA) is 87.7 Å². The van der Waals surface area contributed by atoms with Crippen LogP contribution in [0.2, 0.25) is 0 Å². The van der Waals surface area contributed by atoms with Gasteiger partial charge in [0.15, 0.2) is 0 Å². The molecule has 3 N–H and O–H groups in total. The molecule has 0 aliphatic heterocycles. The smallest absolute Gasteiger partial charge is 0.293 e. The summed E-state index contributed by atoms with van der Waals surface area (Å²) in [6.07, 6.45) is 1.09. The van der Waals surface area contributed by atoms with Gasteiger partial charge in [-0.1, -0.05) is 13.0 Å². The van der Waals surface area contributed by atoms with E-state index in [9.17, 15) is 10.1 Å². The van der Waals surface area contributed by atoms with Crippen molar-refractivity contribution in [1.29, 1.82) is 0 Å². The quantitative estimate of drug-likeness (QED) is 0.409. The van der Waals surface area contributed by atoms with Crippen LogP contribution in [0.5, 0.6) is 0 Å². The number of nitrogen functional groups attached to an aromatic ring is 1. The second-order valence-corrected chi connectivity index (χ2v) is 5.28. The molecule has 21 heavy (non-hydrogen) atoms. The van der Waals surface area contributed by atoms with Gasteiger partial charge in [0.05, 0.1) is 4.92 Å².